The van der Waals surface area contributed by atoms with Gasteiger partial charge in [-0.25, -0.2) is 0 Å². The van der Waals surface area contributed by atoms with Crippen LogP contribution >= 0.6 is 0 Å². The van der Waals surface area contributed by atoms with Crippen LogP contribution in [0.3, 0.4) is 0 Å². The minimum absolute atomic E-state index is 0.0569. The van der Waals surface area contributed by atoms with Crippen molar-refractivity contribution >= 4 is 11.6 Å². The summed E-state index contributed by atoms with van der Waals surface area (Å²) in [6.07, 6.45) is 2.05. The van der Waals surface area contributed by atoms with E-state index in [1.165, 1.54) is 0 Å². The van der Waals surface area contributed by atoms with Crippen molar-refractivity contribution < 1.29 is 9.53 Å². The number of rotatable bonds is 6. The highest BCUT2D eigenvalue weighted by Gasteiger charge is 2.26. The van der Waals surface area contributed by atoms with Crippen LogP contribution in [0.15, 0.2) is 48.5 Å². The summed E-state index contributed by atoms with van der Waals surface area (Å²) in [6.45, 7) is 7.48. The Hall–Kier alpha value is -2.33. The molecule has 1 N–H and O–H groups in total. The van der Waals surface area contributed by atoms with Crippen LogP contribution in [0.4, 0.5) is 5.69 Å². The van der Waals surface area contributed by atoms with E-state index < -0.39 is 0 Å². The summed E-state index contributed by atoms with van der Waals surface area (Å²) in [5.41, 5.74) is 2.97. The van der Waals surface area contributed by atoms with E-state index in [2.05, 4.69) is 24.1 Å². The third-order valence-corrected chi connectivity index (χ3v) is 5.09. The first-order valence-electron chi connectivity index (χ1n) is 9.83. The van der Waals surface area contributed by atoms with Crippen LogP contribution in [-0.2, 0) is 4.79 Å². The molecule has 0 radical (unpaired) electrons. The average molecular weight is 367 g/mol. The monoisotopic (exact) mass is 366 g/mol. The van der Waals surface area contributed by atoms with Gasteiger partial charge in [0.15, 0.2) is 0 Å². The Kier molecular flexibility index (Phi) is 6.51. The lowest BCUT2D eigenvalue weighted by Gasteiger charge is -2.33. The predicted molar refractivity (Wildman–Crippen MR) is 111 cm³/mol. The molecule has 2 aromatic carbocycles. The van der Waals surface area contributed by atoms with Crippen molar-refractivity contribution in [3.8, 4) is 16.9 Å². The van der Waals surface area contributed by atoms with Crippen molar-refractivity contribution in [3.05, 3.63) is 48.5 Å². The Morgan fingerprint density at radius 3 is 2.63 bits per heavy atom. The molecule has 2 aromatic rings. The SMILES string of the molecule is COc1ccc(-c2ccccc2NC(=O)[C@H]2CCCN(CC(C)C)C2)cc1. The second-order valence-electron chi connectivity index (χ2n) is 7.76. The minimum Gasteiger partial charge on any atom is -0.497 e. The van der Waals surface area contributed by atoms with Gasteiger partial charge in [-0.1, -0.05) is 44.2 Å². The number of hydrogen-bond acceptors (Lipinski definition) is 3. The quantitative estimate of drug-likeness (QED) is 0.808. The highest BCUT2D eigenvalue weighted by atomic mass is 16.5. The van der Waals surface area contributed by atoms with Gasteiger partial charge < -0.3 is 15.0 Å². The molecule has 1 atom stereocenters. The fourth-order valence-corrected chi connectivity index (χ4v) is 3.80. The number of amides is 1. The van der Waals surface area contributed by atoms with E-state index in [-0.39, 0.29) is 11.8 Å². The Balaban J connectivity index is 1.72. The molecule has 4 heteroatoms. The molecule has 3 rings (SSSR count). The van der Waals surface area contributed by atoms with Gasteiger partial charge in [0, 0.05) is 24.3 Å². The van der Waals surface area contributed by atoms with Gasteiger partial charge >= 0.3 is 0 Å². The van der Waals surface area contributed by atoms with Crippen molar-refractivity contribution in [2.45, 2.75) is 26.7 Å². The number of para-hydroxylation sites is 1. The number of carbonyl (C=O) groups is 1. The van der Waals surface area contributed by atoms with Crippen molar-refractivity contribution in [2.24, 2.45) is 11.8 Å². The van der Waals surface area contributed by atoms with E-state index >= 15 is 0 Å². The number of ether oxygens (including phenoxy) is 1. The van der Waals surface area contributed by atoms with Crippen LogP contribution in [0.5, 0.6) is 5.75 Å². The number of likely N-dealkylation sites (tertiary alicyclic amines) is 1. The number of carbonyl (C=O) groups excluding carboxylic acids is 1. The molecule has 144 valence electrons. The molecule has 4 nitrogen and oxygen atoms in total. The maximum atomic E-state index is 12.9. The van der Waals surface area contributed by atoms with Gasteiger partial charge in [-0.3, -0.25) is 4.79 Å². The van der Waals surface area contributed by atoms with Gasteiger partial charge in [-0.05, 0) is 49.1 Å². The highest BCUT2D eigenvalue weighted by molar-refractivity contribution is 5.97. The first kappa shape index (κ1) is 19.4. The number of methoxy groups -OCH3 is 1. The van der Waals surface area contributed by atoms with Gasteiger partial charge in [0.05, 0.1) is 13.0 Å². The highest BCUT2D eigenvalue weighted by Crippen LogP contribution is 2.30. The number of piperidine rings is 1. The summed E-state index contributed by atoms with van der Waals surface area (Å²) in [5, 5.41) is 3.18. The van der Waals surface area contributed by atoms with Gasteiger partial charge in [-0.2, -0.15) is 0 Å². The molecule has 0 bridgehead atoms. The smallest absolute Gasteiger partial charge is 0.228 e. The fraction of sp³-hybridized carbons (Fsp3) is 0.435. The van der Waals surface area contributed by atoms with E-state index in [0.717, 1.165) is 55.0 Å². The second-order valence-corrected chi connectivity index (χ2v) is 7.76. The maximum Gasteiger partial charge on any atom is 0.228 e. The maximum absolute atomic E-state index is 12.9. The van der Waals surface area contributed by atoms with Crippen LogP contribution in [0.25, 0.3) is 11.1 Å². The normalized spacial score (nSPS) is 17.7. The third-order valence-electron chi connectivity index (χ3n) is 5.09. The first-order valence-corrected chi connectivity index (χ1v) is 9.83. The number of nitrogens with one attached hydrogen (secondary N) is 1. The molecule has 0 aromatic heterocycles. The lowest BCUT2D eigenvalue weighted by molar-refractivity contribution is -0.121. The molecular formula is C23H30N2O2. The first-order chi connectivity index (χ1) is 13.1. The van der Waals surface area contributed by atoms with Crippen molar-refractivity contribution in [1.82, 2.24) is 4.90 Å². The molecule has 0 aliphatic carbocycles. The van der Waals surface area contributed by atoms with Crippen LogP contribution in [-0.4, -0.2) is 37.6 Å². The molecule has 1 saturated heterocycles. The summed E-state index contributed by atoms with van der Waals surface area (Å²) >= 11 is 0. The fourth-order valence-electron chi connectivity index (χ4n) is 3.80. The lowest BCUT2D eigenvalue weighted by atomic mass is 9.95. The number of nitrogens with zero attached hydrogens (tertiary/aromatic N) is 1. The molecule has 1 amide bonds. The van der Waals surface area contributed by atoms with E-state index in [9.17, 15) is 4.79 Å². The molecule has 0 unspecified atom stereocenters. The Bertz CT molecular complexity index is 755. The Morgan fingerprint density at radius 1 is 1.19 bits per heavy atom. The largest absolute Gasteiger partial charge is 0.497 e. The van der Waals surface area contributed by atoms with Crippen molar-refractivity contribution in [2.75, 3.05) is 32.1 Å². The van der Waals surface area contributed by atoms with Gasteiger partial charge in [-0.15, -0.1) is 0 Å². The molecule has 27 heavy (non-hydrogen) atoms. The van der Waals surface area contributed by atoms with Crippen LogP contribution in [0, 0.1) is 11.8 Å². The molecule has 0 spiro atoms. The van der Waals surface area contributed by atoms with E-state index in [4.69, 9.17) is 4.74 Å². The van der Waals surface area contributed by atoms with Crippen LogP contribution in [0.1, 0.15) is 26.7 Å². The van der Waals surface area contributed by atoms with Crippen molar-refractivity contribution in [3.63, 3.8) is 0 Å². The van der Waals surface area contributed by atoms with E-state index in [1.807, 2.05) is 48.5 Å². The molecule has 1 aliphatic rings. The zero-order valence-electron chi connectivity index (χ0n) is 16.6. The Morgan fingerprint density at radius 2 is 1.93 bits per heavy atom. The average Bonchev–Trinajstić information content (AvgIpc) is 2.68. The summed E-state index contributed by atoms with van der Waals surface area (Å²) in [5.74, 6) is 1.64. The predicted octanol–water partition coefficient (Wildman–Crippen LogP) is 4.67. The summed E-state index contributed by atoms with van der Waals surface area (Å²) in [6, 6.07) is 15.9. The zero-order valence-corrected chi connectivity index (χ0v) is 16.6. The van der Waals surface area contributed by atoms with E-state index in [1.54, 1.807) is 7.11 Å². The minimum atomic E-state index is 0.0569. The molecular weight excluding hydrogens is 336 g/mol. The second kappa shape index (κ2) is 9.05. The topological polar surface area (TPSA) is 41.6 Å². The number of benzene rings is 2. The van der Waals surface area contributed by atoms with Gasteiger partial charge in [0.25, 0.3) is 0 Å². The molecule has 1 aliphatic heterocycles. The summed E-state index contributed by atoms with van der Waals surface area (Å²) in [4.78, 5) is 15.3. The lowest BCUT2D eigenvalue weighted by Crippen LogP contribution is -2.42. The number of hydrogen-bond donors (Lipinski definition) is 1. The zero-order chi connectivity index (χ0) is 19.2. The standard InChI is InChI=1S/C23H30N2O2/c1-17(2)15-25-14-6-7-19(16-25)23(26)24-22-9-5-4-8-21(22)18-10-12-20(27-3)13-11-18/h4-5,8-13,17,19H,6-7,14-16H2,1-3H3,(H,24,26)/t19-/m0/s1. The van der Waals surface area contributed by atoms with Gasteiger partial charge in [0.1, 0.15) is 5.75 Å². The van der Waals surface area contributed by atoms with E-state index in [0.29, 0.717) is 5.92 Å². The summed E-state index contributed by atoms with van der Waals surface area (Å²) in [7, 11) is 1.66. The van der Waals surface area contributed by atoms with Gasteiger partial charge in [0.2, 0.25) is 5.91 Å². The van der Waals surface area contributed by atoms with Crippen LogP contribution in [0.2, 0.25) is 0 Å². The molecule has 0 saturated carbocycles. The summed E-state index contributed by atoms with van der Waals surface area (Å²) < 4.78 is 5.24. The molecule has 1 fully saturated rings. The van der Waals surface area contributed by atoms with Crippen LogP contribution < -0.4 is 10.1 Å². The molecule has 1 heterocycles. The Labute approximate surface area is 162 Å². The van der Waals surface area contributed by atoms with Crippen molar-refractivity contribution in [1.29, 1.82) is 0 Å². The third kappa shape index (κ3) is 5.10. The number of anilines is 1.